The number of carbonyl (C=O) groups excluding carboxylic acids is 1. The van der Waals surface area contributed by atoms with Crippen molar-refractivity contribution in [2.24, 2.45) is 0 Å². The predicted molar refractivity (Wildman–Crippen MR) is 101 cm³/mol. The van der Waals surface area contributed by atoms with Gasteiger partial charge in [0.25, 0.3) is 11.5 Å². The summed E-state index contributed by atoms with van der Waals surface area (Å²) in [6.07, 6.45) is 2.14. The van der Waals surface area contributed by atoms with Crippen LogP contribution in [0.15, 0.2) is 47.5 Å². The molecule has 2 N–H and O–H groups in total. The van der Waals surface area contributed by atoms with Crippen LogP contribution in [0.2, 0.25) is 0 Å². The van der Waals surface area contributed by atoms with Crippen molar-refractivity contribution < 1.29 is 14.3 Å². The van der Waals surface area contributed by atoms with Crippen LogP contribution in [-0.4, -0.2) is 28.1 Å². The molecule has 0 saturated carbocycles. The van der Waals surface area contributed by atoms with Crippen LogP contribution in [-0.2, 0) is 11.2 Å². The number of H-pyrrole nitrogens is 1. The van der Waals surface area contributed by atoms with E-state index >= 15 is 0 Å². The minimum atomic E-state index is -0.329. The summed E-state index contributed by atoms with van der Waals surface area (Å²) in [6, 6.07) is 10.6. The third-order valence-corrected chi connectivity index (χ3v) is 4.34. The van der Waals surface area contributed by atoms with E-state index in [9.17, 15) is 9.59 Å². The summed E-state index contributed by atoms with van der Waals surface area (Å²) in [7, 11) is 0. The number of hydrogen-bond donors (Lipinski definition) is 2. The maximum Gasteiger partial charge on any atom is 0.262 e. The van der Waals surface area contributed by atoms with E-state index in [0.29, 0.717) is 28.1 Å². The van der Waals surface area contributed by atoms with E-state index in [4.69, 9.17) is 9.47 Å². The van der Waals surface area contributed by atoms with E-state index < -0.39 is 0 Å². The molecule has 0 fully saturated rings. The first-order chi connectivity index (χ1) is 12.9. The Bertz CT molecular complexity index is 1090. The van der Waals surface area contributed by atoms with Gasteiger partial charge in [0.2, 0.25) is 0 Å². The number of carbonyl (C=O) groups is 1. The predicted octanol–water partition coefficient (Wildman–Crippen LogP) is 2.65. The van der Waals surface area contributed by atoms with Gasteiger partial charge in [-0.25, -0.2) is 4.98 Å². The lowest BCUT2D eigenvalue weighted by atomic mass is 10.0. The largest absolute Gasteiger partial charge is 0.483 e. The summed E-state index contributed by atoms with van der Waals surface area (Å²) in [6.45, 7) is 3.86. The summed E-state index contributed by atoms with van der Waals surface area (Å²) in [5.41, 5.74) is 1.60. The second-order valence-corrected chi connectivity index (χ2v) is 7.08. The molecule has 138 valence electrons. The molecule has 0 atom stereocenters. The molecule has 1 aromatic heterocycles. The molecule has 7 heteroatoms. The summed E-state index contributed by atoms with van der Waals surface area (Å²) in [5.74, 6) is 0.913. The first-order valence-electron chi connectivity index (χ1n) is 8.62. The molecule has 0 bridgehead atoms. The average Bonchev–Trinajstić information content (AvgIpc) is 2.95. The van der Waals surface area contributed by atoms with Crippen LogP contribution in [0.25, 0.3) is 10.9 Å². The van der Waals surface area contributed by atoms with E-state index in [1.165, 1.54) is 6.33 Å². The van der Waals surface area contributed by atoms with Gasteiger partial charge < -0.3 is 19.8 Å². The molecule has 3 aromatic rings. The number of fused-ring (bicyclic) bond motifs is 2. The Morgan fingerprint density at radius 2 is 2.19 bits per heavy atom. The van der Waals surface area contributed by atoms with Gasteiger partial charge in [-0.15, -0.1) is 0 Å². The molecule has 2 heterocycles. The Morgan fingerprint density at radius 1 is 1.33 bits per heavy atom. The number of aromatic nitrogens is 2. The number of ether oxygens (including phenoxy) is 2. The Kier molecular flexibility index (Phi) is 4.07. The normalized spacial score (nSPS) is 14.4. The van der Waals surface area contributed by atoms with Crippen LogP contribution in [0.1, 0.15) is 19.4 Å². The topological polar surface area (TPSA) is 93.3 Å². The van der Waals surface area contributed by atoms with Crippen LogP contribution in [0.3, 0.4) is 0 Å². The van der Waals surface area contributed by atoms with Crippen molar-refractivity contribution in [1.29, 1.82) is 0 Å². The van der Waals surface area contributed by atoms with E-state index in [-0.39, 0.29) is 23.7 Å². The molecular weight excluding hydrogens is 346 g/mol. The smallest absolute Gasteiger partial charge is 0.262 e. The van der Waals surface area contributed by atoms with Crippen LogP contribution in [0.4, 0.5) is 5.69 Å². The standard InChI is InChI=1S/C20H19N3O4/c1-20(2)9-12-4-3-5-16(18(12)27-20)26-10-17(24)23-13-6-7-15-14(8-13)19(25)22-11-21-15/h3-8,11H,9-10H2,1-2H3,(H,23,24)(H,21,22,25). The first-order valence-corrected chi connectivity index (χ1v) is 8.62. The molecule has 4 rings (SSSR count). The third kappa shape index (κ3) is 3.48. The van der Waals surface area contributed by atoms with E-state index in [1.807, 2.05) is 26.0 Å². The third-order valence-electron chi connectivity index (χ3n) is 4.34. The zero-order valence-corrected chi connectivity index (χ0v) is 15.0. The molecule has 1 aliphatic rings. The van der Waals surface area contributed by atoms with Gasteiger partial charge in [0.1, 0.15) is 5.60 Å². The fourth-order valence-electron chi connectivity index (χ4n) is 3.19. The number of aromatic amines is 1. The van der Waals surface area contributed by atoms with Gasteiger partial charge in [-0.05, 0) is 38.1 Å². The number of nitrogens with zero attached hydrogens (tertiary/aromatic N) is 1. The fourth-order valence-corrected chi connectivity index (χ4v) is 3.19. The first kappa shape index (κ1) is 17.1. The van der Waals surface area contributed by atoms with E-state index in [1.54, 1.807) is 24.3 Å². The number of benzene rings is 2. The van der Waals surface area contributed by atoms with Crippen LogP contribution in [0, 0.1) is 0 Å². The number of amides is 1. The Morgan fingerprint density at radius 3 is 3.04 bits per heavy atom. The van der Waals surface area contributed by atoms with Gasteiger partial charge in [-0.1, -0.05) is 12.1 Å². The summed E-state index contributed by atoms with van der Waals surface area (Å²) < 4.78 is 11.6. The van der Waals surface area contributed by atoms with E-state index in [0.717, 1.165) is 12.0 Å². The van der Waals surface area contributed by atoms with Crippen molar-refractivity contribution >= 4 is 22.5 Å². The maximum atomic E-state index is 12.3. The van der Waals surface area contributed by atoms with Gasteiger partial charge in [0.15, 0.2) is 18.1 Å². The molecule has 1 amide bonds. The summed E-state index contributed by atoms with van der Waals surface area (Å²) in [4.78, 5) is 30.7. The molecule has 0 aliphatic carbocycles. The fraction of sp³-hybridized carbons (Fsp3) is 0.250. The Hall–Kier alpha value is -3.35. The molecular formula is C20H19N3O4. The zero-order chi connectivity index (χ0) is 19.0. The van der Waals surface area contributed by atoms with Crippen molar-refractivity contribution in [2.75, 3.05) is 11.9 Å². The number of anilines is 1. The molecule has 27 heavy (non-hydrogen) atoms. The van der Waals surface area contributed by atoms with Crippen LogP contribution >= 0.6 is 0 Å². The van der Waals surface area contributed by atoms with Crippen LogP contribution < -0.4 is 20.3 Å². The molecule has 0 saturated heterocycles. The van der Waals surface area contributed by atoms with Crippen molar-refractivity contribution in [1.82, 2.24) is 9.97 Å². The second kappa shape index (κ2) is 6.42. The average molecular weight is 365 g/mol. The zero-order valence-electron chi connectivity index (χ0n) is 15.0. The quantitative estimate of drug-likeness (QED) is 0.741. The molecule has 7 nitrogen and oxygen atoms in total. The lowest BCUT2D eigenvalue weighted by Gasteiger charge is -2.18. The molecule has 0 unspecified atom stereocenters. The Balaban J connectivity index is 1.45. The highest BCUT2D eigenvalue weighted by molar-refractivity contribution is 5.94. The maximum absolute atomic E-state index is 12.3. The van der Waals surface area contributed by atoms with E-state index in [2.05, 4.69) is 15.3 Å². The molecule has 0 radical (unpaired) electrons. The Labute approximate surface area is 155 Å². The van der Waals surface area contributed by atoms with Crippen molar-refractivity contribution in [3.05, 3.63) is 58.6 Å². The minimum Gasteiger partial charge on any atom is -0.483 e. The number of hydrogen-bond acceptors (Lipinski definition) is 5. The SMILES string of the molecule is CC1(C)Cc2cccc(OCC(=O)Nc3ccc4nc[nH]c(=O)c4c3)c2O1. The van der Waals surface area contributed by atoms with Gasteiger partial charge in [0.05, 0.1) is 17.2 Å². The molecule has 0 spiro atoms. The highest BCUT2D eigenvalue weighted by Crippen LogP contribution is 2.41. The molecule has 2 aromatic carbocycles. The van der Waals surface area contributed by atoms with Crippen LogP contribution in [0.5, 0.6) is 11.5 Å². The highest BCUT2D eigenvalue weighted by atomic mass is 16.5. The van der Waals surface area contributed by atoms with Gasteiger partial charge in [-0.3, -0.25) is 9.59 Å². The molecule has 1 aliphatic heterocycles. The van der Waals surface area contributed by atoms with Crippen molar-refractivity contribution in [3.8, 4) is 11.5 Å². The van der Waals surface area contributed by atoms with Crippen molar-refractivity contribution in [2.45, 2.75) is 25.9 Å². The minimum absolute atomic E-state index is 0.165. The summed E-state index contributed by atoms with van der Waals surface area (Å²) >= 11 is 0. The van der Waals surface area contributed by atoms with Crippen molar-refractivity contribution in [3.63, 3.8) is 0 Å². The van der Waals surface area contributed by atoms with Gasteiger partial charge in [0, 0.05) is 17.7 Å². The second-order valence-electron chi connectivity index (χ2n) is 7.08. The lowest BCUT2D eigenvalue weighted by Crippen LogP contribution is -2.25. The lowest BCUT2D eigenvalue weighted by molar-refractivity contribution is -0.118. The number of nitrogens with one attached hydrogen (secondary N) is 2. The highest BCUT2D eigenvalue weighted by Gasteiger charge is 2.32. The summed E-state index contributed by atoms with van der Waals surface area (Å²) in [5, 5.41) is 3.14. The monoisotopic (exact) mass is 365 g/mol. The van der Waals surface area contributed by atoms with Gasteiger partial charge in [-0.2, -0.15) is 0 Å². The number of rotatable bonds is 4. The number of para-hydroxylation sites is 1. The van der Waals surface area contributed by atoms with Gasteiger partial charge >= 0.3 is 0 Å².